The molecule has 1 aromatic heterocycles. The molecule has 1 aliphatic rings. The normalized spacial score (nSPS) is 15.1. The average molecular weight is 310 g/mol. The number of nitrogens with one attached hydrogen (secondary N) is 1. The highest BCUT2D eigenvalue weighted by Crippen LogP contribution is 2.45. The Balaban J connectivity index is 1.80. The van der Waals surface area contributed by atoms with Gasteiger partial charge in [0.15, 0.2) is 0 Å². The summed E-state index contributed by atoms with van der Waals surface area (Å²) in [5, 5.41) is 3.18. The quantitative estimate of drug-likeness (QED) is 0.943. The van der Waals surface area contributed by atoms with Crippen molar-refractivity contribution in [2.45, 2.75) is 32.2 Å². The third kappa shape index (κ3) is 3.04. The molecule has 0 spiro atoms. The summed E-state index contributed by atoms with van der Waals surface area (Å²) in [6.45, 7) is 3.91. The van der Waals surface area contributed by atoms with Crippen molar-refractivity contribution >= 4 is 11.9 Å². The molecule has 0 saturated heterocycles. The predicted molar refractivity (Wildman–Crippen MR) is 90.7 cm³/mol. The molecule has 1 aliphatic carbocycles. The SMILES string of the molecule is Cc1ccc(C2(NC(=O)c3cnc(N(C)C)nc3C)CC2)cc1. The highest BCUT2D eigenvalue weighted by molar-refractivity contribution is 5.95. The van der Waals surface area contributed by atoms with Gasteiger partial charge in [-0.25, -0.2) is 9.97 Å². The van der Waals surface area contributed by atoms with Crippen LogP contribution in [0.3, 0.4) is 0 Å². The van der Waals surface area contributed by atoms with Gasteiger partial charge in [0.25, 0.3) is 5.91 Å². The average Bonchev–Trinajstić information content (AvgIpc) is 3.28. The molecule has 0 unspecified atom stereocenters. The molecular weight excluding hydrogens is 288 g/mol. The summed E-state index contributed by atoms with van der Waals surface area (Å²) in [5.74, 6) is 0.504. The molecule has 120 valence electrons. The van der Waals surface area contributed by atoms with Crippen LogP contribution in [0.1, 0.15) is 40.0 Å². The molecule has 0 aliphatic heterocycles. The number of carbonyl (C=O) groups is 1. The fourth-order valence-electron chi connectivity index (χ4n) is 2.66. The third-order valence-corrected chi connectivity index (χ3v) is 4.32. The van der Waals surface area contributed by atoms with Crippen molar-refractivity contribution in [3.05, 3.63) is 52.8 Å². The summed E-state index contributed by atoms with van der Waals surface area (Å²) in [6, 6.07) is 8.37. The molecule has 0 bridgehead atoms. The summed E-state index contributed by atoms with van der Waals surface area (Å²) in [5.41, 5.74) is 3.39. The number of anilines is 1. The van der Waals surface area contributed by atoms with Gasteiger partial charge in [-0.2, -0.15) is 0 Å². The maximum atomic E-state index is 12.6. The van der Waals surface area contributed by atoms with Gasteiger partial charge >= 0.3 is 0 Å². The van der Waals surface area contributed by atoms with Crippen molar-refractivity contribution < 1.29 is 4.79 Å². The first-order valence-electron chi connectivity index (χ1n) is 7.82. The highest BCUT2D eigenvalue weighted by atomic mass is 16.1. The van der Waals surface area contributed by atoms with Crippen molar-refractivity contribution in [2.75, 3.05) is 19.0 Å². The molecule has 5 heteroatoms. The number of nitrogens with zero attached hydrogens (tertiary/aromatic N) is 3. The summed E-state index contributed by atoms with van der Waals surface area (Å²) >= 11 is 0. The van der Waals surface area contributed by atoms with Gasteiger partial charge in [0.1, 0.15) is 0 Å². The molecule has 23 heavy (non-hydrogen) atoms. The molecule has 1 amide bonds. The molecule has 0 radical (unpaired) electrons. The van der Waals surface area contributed by atoms with Crippen LogP contribution in [0.5, 0.6) is 0 Å². The molecular formula is C18H22N4O. The fourth-order valence-corrected chi connectivity index (χ4v) is 2.66. The topological polar surface area (TPSA) is 58.1 Å². The molecule has 1 fully saturated rings. The first-order chi connectivity index (χ1) is 10.9. The minimum Gasteiger partial charge on any atom is -0.347 e. The van der Waals surface area contributed by atoms with E-state index in [2.05, 4.69) is 46.5 Å². The van der Waals surface area contributed by atoms with Crippen LogP contribution in [0.25, 0.3) is 0 Å². The first-order valence-corrected chi connectivity index (χ1v) is 7.82. The predicted octanol–water partition coefficient (Wildman–Crippen LogP) is 2.58. The van der Waals surface area contributed by atoms with E-state index in [1.165, 1.54) is 11.1 Å². The van der Waals surface area contributed by atoms with E-state index in [0.29, 0.717) is 17.2 Å². The maximum absolute atomic E-state index is 12.6. The number of carbonyl (C=O) groups excluding carboxylic acids is 1. The van der Waals surface area contributed by atoms with Crippen LogP contribution in [0.15, 0.2) is 30.5 Å². The van der Waals surface area contributed by atoms with Crippen LogP contribution < -0.4 is 10.2 Å². The van der Waals surface area contributed by atoms with E-state index >= 15 is 0 Å². The highest BCUT2D eigenvalue weighted by Gasteiger charge is 2.45. The van der Waals surface area contributed by atoms with E-state index in [9.17, 15) is 4.79 Å². The lowest BCUT2D eigenvalue weighted by Crippen LogP contribution is -2.35. The van der Waals surface area contributed by atoms with Crippen LogP contribution in [0.4, 0.5) is 5.95 Å². The van der Waals surface area contributed by atoms with Gasteiger partial charge in [-0.15, -0.1) is 0 Å². The molecule has 3 rings (SSSR count). The van der Waals surface area contributed by atoms with Gasteiger partial charge in [-0.3, -0.25) is 4.79 Å². The van der Waals surface area contributed by atoms with E-state index < -0.39 is 0 Å². The molecule has 1 saturated carbocycles. The van der Waals surface area contributed by atoms with E-state index in [1.54, 1.807) is 6.20 Å². The smallest absolute Gasteiger partial charge is 0.255 e. The van der Waals surface area contributed by atoms with Crippen molar-refractivity contribution in [3.8, 4) is 0 Å². The van der Waals surface area contributed by atoms with Gasteiger partial charge in [0, 0.05) is 20.3 Å². The Labute approximate surface area is 136 Å². The third-order valence-electron chi connectivity index (χ3n) is 4.32. The van der Waals surface area contributed by atoms with Crippen molar-refractivity contribution in [3.63, 3.8) is 0 Å². The van der Waals surface area contributed by atoms with E-state index in [0.717, 1.165) is 12.8 Å². The Bertz CT molecular complexity index is 733. The second-order valence-corrected chi connectivity index (χ2v) is 6.47. The Morgan fingerprint density at radius 1 is 1.17 bits per heavy atom. The molecule has 1 aromatic carbocycles. The van der Waals surface area contributed by atoms with Crippen molar-refractivity contribution in [1.29, 1.82) is 0 Å². The molecule has 1 N–H and O–H groups in total. The molecule has 1 heterocycles. The summed E-state index contributed by atoms with van der Waals surface area (Å²) in [4.78, 5) is 23.1. The van der Waals surface area contributed by atoms with Crippen molar-refractivity contribution in [2.24, 2.45) is 0 Å². The zero-order valence-electron chi connectivity index (χ0n) is 14.1. The number of benzene rings is 1. The maximum Gasteiger partial charge on any atom is 0.255 e. The summed E-state index contributed by atoms with van der Waals surface area (Å²) < 4.78 is 0. The Hall–Kier alpha value is -2.43. The van der Waals surface area contributed by atoms with E-state index in [-0.39, 0.29) is 11.4 Å². The van der Waals surface area contributed by atoms with Gasteiger partial charge < -0.3 is 10.2 Å². The number of aromatic nitrogens is 2. The van der Waals surface area contributed by atoms with Gasteiger partial charge in [0.2, 0.25) is 5.95 Å². The van der Waals surface area contributed by atoms with Crippen LogP contribution in [0.2, 0.25) is 0 Å². The number of amides is 1. The minimum absolute atomic E-state index is 0.106. The fraction of sp³-hybridized carbons (Fsp3) is 0.389. The van der Waals surface area contributed by atoms with Crippen molar-refractivity contribution in [1.82, 2.24) is 15.3 Å². The van der Waals surface area contributed by atoms with Gasteiger partial charge in [-0.05, 0) is 32.3 Å². The number of rotatable bonds is 4. The molecule has 2 aromatic rings. The van der Waals surface area contributed by atoms with Gasteiger partial charge in [0.05, 0.1) is 16.8 Å². The van der Waals surface area contributed by atoms with E-state index in [1.807, 2.05) is 25.9 Å². The van der Waals surface area contributed by atoms with E-state index in [4.69, 9.17) is 0 Å². The van der Waals surface area contributed by atoms with Crippen LogP contribution in [-0.2, 0) is 5.54 Å². The Morgan fingerprint density at radius 2 is 1.83 bits per heavy atom. The summed E-state index contributed by atoms with van der Waals surface area (Å²) in [7, 11) is 3.76. The lowest BCUT2D eigenvalue weighted by molar-refractivity contribution is 0.0929. The van der Waals surface area contributed by atoms with Gasteiger partial charge in [-0.1, -0.05) is 29.8 Å². The second kappa shape index (κ2) is 5.65. The molecule has 0 atom stereocenters. The number of hydrogen-bond acceptors (Lipinski definition) is 4. The first kappa shape index (κ1) is 15.5. The lowest BCUT2D eigenvalue weighted by Gasteiger charge is -2.19. The zero-order valence-corrected chi connectivity index (χ0v) is 14.1. The van der Waals surface area contributed by atoms with Crippen LogP contribution >= 0.6 is 0 Å². The lowest BCUT2D eigenvalue weighted by atomic mass is 10.0. The van der Waals surface area contributed by atoms with Crippen LogP contribution in [-0.4, -0.2) is 30.0 Å². The minimum atomic E-state index is -0.225. The standard InChI is InChI=1S/C18H22N4O/c1-12-5-7-14(8-6-12)18(9-10-18)21-16(23)15-11-19-17(22(3)4)20-13(15)2/h5-8,11H,9-10H2,1-4H3,(H,21,23). The number of aryl methyl sites for hydroxylation is 2. The molecule has 5 nitrogen and oxygen atoms in total. The second-order valence-electron chi connectivity index (χ2n) is 6.47. The van der Waals surface area contributed by atoms with Crippen LogP contribution in [0, 0.1) is 13.8 Å². The largest absolute Gasteiger partial charge is 0.347 e. The number of hydrogen-bond donors (Lipinski definition) is 1. The summed E-state index contributed by atoms with van der Waals surface area (Å²) in [6.07, 6.45) is 3.55. The Morgan fingerprint density at radius 3 is 2.35 bits per heavy atom. The Kier molecular flexibility index (Phi) is 3.80. The zero-order chi connectivity index (χ0) is 16.6. The monoisotopic (exact) mass is 310 g/mol.